The van der Waals surface area contributed by atoms with Crippen molar-refractivity contribution in [3.8, 4) is 0 Å². The molecule has 0 aliphatic heterocycles. The third kappa shape index (κ3) is 8.19. The fourth-order valence-electron chi connectivity index (χ4n) is 2.03. The lowest BCUT2D eigenvalue weighted by Crippen LogP contribution is -2.28. The first-order valence-corrected chi connectivity index (χ1v) is 10.1. The van der Waals surface area contributed by atoms with Gasteiger partial charge in [0.05, 0.1) is 16.4 Å². The van der Waals surface area contributed by atoms with E-state index in [1.54, 1.807) is 4.90 Å². The number of hydrogen-bond acceptors (Lipinski definition) is 7. The van der Waals surface area contributed by atoms with E-state index in [0.717, 1.165) is 0 Å². The molecule has 0 saturated carbocycles. The highest BCUT2D eigenvalue weighted by molar-refractivity contribution is 7.86. The van der Waals surface area contributed by atoms with Gasteiger partial charge in [0.1, 0.15) is 0 Å². The Morgan fingerprint density at radius 1 is 0.917 bits per heavy atom. The third-order valence-electron chi connectivity index (χ3n) is 3.09. The summed E-state index contributed by atoms with van der Waals surface area (Å²) in [5, 5.41) is 10.6. The minimum atomic E-state index is -4.12. The minimum Gasteiger partial charge on any atom is -0.371 e. The highest BCUT2D eigenvalue weighted by Crippen LogP contribution is 2.20. The molecule has 0 saturated heterocycles. The maximum absolute atomic E-state index is 10.8. The molecule has 0 fully saturated rings. The van der Waals surface area contributed by atoms with Crippen LogP contribution in [0.25, 0.3) is 0 Å². The Kier molecular flexibility index (Phi) is 7.08. The molecule has 12 heteroatoms. The van der Waals surface area contributed by atoms with Crippen molar-refractivity contribution in [3.05, 3.63) is 34.4 Å². The van der Waals surface area contributed by atoms with Crippen molar-refractivity contribution in [3.63, 3.8) is 0 Å². The zero-order valence-electron chi connectivity index (χ0n) is 12.6. The van der Waals surface area contributed by atoms with Crippen molar-refractivity contribution in [2.24, 2.45) is 0 Å². The van der Waals surface area contributed by atoms with Crippen molar-refractivity contribution in [2.75, 3.05) is 29.5 Å². The Balaban J connectivity index is 2.80. The van der Waals surface area contributed by atoms with Crippen LogP contribution in [0.15, 0.2) is 24.3 Å². The van der Waals surface area contributed by atoms with E-state index in [1.807, 2.05) is 0 Å². The minimum absolute atomic E-state index is 0.0850. The van der Waals surface area contributed by atoms with Crippen molar-refractivity contribution in [1.82, 2.24) is 0 Å². The molecule has 0 unspecified atom stereocenters. The van der Waals surface area contributed by atoms with Crippen LogP contribution in [0.3, 0.4) is 0 Å². The normalized spacial score (nSPS) is 12.1. The van der Waals surface area contributed by atoms with Gasteiger partial charge in [0.15, 0.2) is 0 Å². The molecule has 0 radical (unpaired) electrons. The summed E-state index contributed by atoms with van der Waals surface area (Å²) in [7, 11) is -8.23. The van der Waals surface area contributed by atoms with Gasteiger partial charge in [0.25, 0.3) is 25.9 Å². The van der Waals surface area contributed by atoms with E-state index in [2.05, 4.69) is 0 Å². The van der Waals surface area contributed by atoms with Crippen molar-refractivity contribution in [2.45, 2.75) is 12.8 Å². The largest absolute Gasteiger partial charge is 0.371 e. The fourth-order valence-corrected chi connectivity index (χ4v) is 3.02. The second-order valence-electron chi connectivity index (χ2n) is 5.04. The van der Waals surface area contributed by atoms with E-state index in [1.165, 1.54) is 24.3 Å². The summed E-state index contributed by atoms with van der Waals surface area (Å²) in [6.45, 7) is 0.367. The van der Waals surface area contributed by atoms with E-state index < -0.39 is 36.7 Å². The van der Waals surface area contributed by atoms with E-state index in [0.29, 0.717) is 5.69 Å². The maximum atomic E-state index is 10.8. The molecule has 0 spiro atoms. The first-order valence-electron chi connectivity index (χ1n) is 6.88. The van der Waals surface area contributed by atoms with Crippen LogP contribution in [0.4, 0.5) is 11.4 Å². The van der Waals surface area contributed by atoms with Gasteiger partial charge < -0.3 is 4.90 Å². The van der Waals surface area contributed by atoms with Crippen LogP contribution in [0.1, 0.15) is 12.8 Å². The molecule has 2 N–H and O–H groups in total. The van der Waals surface area contributed by atoms with E-state index in [4.69, 9.17) is 9.11 Å². The van der Waals surface area contributed by atoms with E-state index in [-0.39, 0.29) is 31.6 Å². The second kappa shape index (κ2) is 8.37. The van der Waals surface area contributed by atoms with Crippen molar-refractivity contribution < 1.29 is 30.9 Å². The standard InChI is InChI=1S/C12H18N2O8S2/c15-14(16)12-5-3-11(4-6-12)13(7-1-9-23(17,18)19)8-2-10-24(20,21)22/h3-6H,1-2,7-10H2,(H,17,18,19)(H,20,21,22). The van der Waals surface area contributed by atoms with Gasteiger partial charge >= 0.3 is 0 Å². The van der Waals surface area contributed by atoms with Gasteiger partial charge in [-0.1, -0.05) is 0 Å². The van der Waals surface area contributed by atoms with Crippen LogP contribution in [0.5, 0.6) is 0 Å². The monoisotopic (exact) mass is 382 g/mol. The maximum Gasteiger partial charge on any atom is 0.269 e. The topological polar surface area (TPSA) is 155 Å². The lowest BCUT2D eigenvalue weighted by atomic mass is 10.2. The second-order valence-corrected chi connectivity index (χ2v) is 8.18. The van der Waals surface area contributed by atoms with Crippen LogP contribution >= 0.6 is 0 Å². The summed E-state index contributed by atoms with van der Waals surface area (Å²) in [5.74, 6) is -0.927. The molecule has 0 aromatic heterocycles. The molecule has 0 atom stereocenters. The molecule has 1 aromatic rings. The lowest BCUT2D eigenvalue weighted by Gasteiger charge is -2.24. The summed E-state index contributed by atoms with van der Waals surface area (Å²) in [6, 6.07) is 5.46. The molecule has 0 bridgehead atoms. The Bertz CT molecular complexity index is 721. The molecule has 0 aliphatic carbocycles. The summed E-state index contributed by atoms with van der Waals surface area (Å²) < 4.78 is 60.6. The van der Waals surface area contributed by atoms with Crippen molar-refractivity contribution >= 4 is 31.6 Å². The smallest absolute Gasteiger partial charge is 0.269 e. The van der Waals surface area contributed by atoms with E-state index in [9.17, 15) is 26.9 Å². The lowest BCUT2D eigenvalue weighted by molar-refractivity contribution is -0.384. The Morgan fingerprint density at radius 3 is 1.67 bits per heavy atom. The van der Waals surface area contributed by atoms with Gasteiger partial charge in [-0.25, -0.2) is 0 Å². The number of rotatable bonds is 10. The summed E-state index contributed by atoms with van der Waals surface area (Å²) in [6.07, 6.45) is 0.170. The molecule has 10 nitrogen and oxygen atoms in total. The first kappa shape index (κ1) is 20.3. The van der Waals surface area contributed by atoms with Crippen LogP contribution in [0.2, 0.25) is 0 Å². The van der Waals surface area contributed by atoms with Gasteiger partial charge in [0, 0.05) is 30.9 Å². The predicted octanol–water partition coefficient (Wildman–Crippen LogP) is 0.957. The highest BCUT2D eigenvalue weighted by Gasteiger charge is 2.13. The zero-order valence-corrected chi connectivity index (χ0v) is 14.2. The fraction of sp³-hybridized carbons (Fsp3) is 0.500. The molecule has 0 heterocycles. The average molecular weight is 382 g/mol. The number of nitro groups is 1. The first-order chi connectivity index (χ1) is 11.0. The molecule has 0 amide bonds. The number of nitrogens with zero attached hydrogens (tertiary/aromatic N) is 2. The number of non-ortho nitro benzene ring substituents is 1. The number of benzene rings is 1. The Hall–Kier alpha value is -1.76. The summed E-state index contributed by atoms with van der Waals surface area (Å²) in [4.78, 5) is 11.7. The van der Waals surface area contributed by atoms with Gasteiger partial charge in [-0.2, -0.15) is 16.8 Å². The molecule has 24 heavy (non-hydrogen) atoms. The number of hydrogen-bond donors (Lipinski definition) is 2. The van der Waals surface area contributed by atoms with Gasteiger partial charge in [-0.15, -0.1) is 0 Å². The van der Waals surface area contributed by atoms with Gasteiger partial charge in [-0.3, -0.25) is 19.2 Å². The number of anilines is 1. The molecule has 1 aromatic carbocycles. The zero-order chi connectivity index (χ0) is 18.4. The third-order valence-corrected chi connectivity index (χ3v) is 4.70. The van der Waals surface area contributed by atoms with Gasteiger partial charge in [-0.05, 0) is 25.0 Å². The summed E-state index contributed by atoms with van der Waals surface area (Å²) >= 11 is 0. The summed E-state index contributed by atoms with van der Waals surface area (Å²) in [5.41, 5.74) is 0.417. The number of nitro benzene ring substituents is 1. The van der Waals surface area contributed by atoms with Gasteiger partial charge in [0.2, 0.25) is 0 Å². The Morgan fingerprint density at radius 2 is 1.33 bits per heavy atom. The molecule has 1 rings (SSSR count). The Labute approximate surface area is 139 Å². The van der Waals surface area contributed by atoms with Crippen LogP contribution < -0.4 is 4.90 Å². The van der Waals surface area contributed by atoms with Crippen LogP contribution in [0, 0.1) is 10.1 Å². The predicted molar refractivity (Wildman–Crippen MR) is 87.4 cm³/mol. The highest BCUT2D eigenvalue weighted by atomic mass is 32.2. The molecule has 0 aliphatic rings. The van der Waals surface area contributed by atoms with Crippen molar-refractivity contribution in [1.29, 1.82) is 0 Å². The quantitative estimate of drug-likeness (QED) is 0.342. The molecular formula is C12H18N2O8S2. The SMILES string of the molecule is O=[N+]([O-])c1ccc(N(CCCS(=O)(=O)O)CCCS(=O)(=O)O)cc1. The van der Waals surface area contributed by atoms with E-state index >= 15 is 0 Å². The average Bonchev–Trinajstić information content (AvgIpc) is 2.43. The van der Waals surface area contributed by atoms with Crippen LogP contribution in [-0.4, -0.2) is 55.5 Å². The molecule has 136 valence electrons. The van der Waals surface area contributed by atoms with Crippen LogP contribution in [-0.2, 0) is 20.2 Å². The molecular weight excluding hydrogens is 364 g/mol.